The highest BCUT2D eigenvalue weighted by molar-refractivity contribution is 5.91. The van der Waals surface area contributed by atoms with Gasteiger partial charge in [-0.05, 0) is 30.3 Å². The molecule has 0 aliphatic rings. The van der Waals surface area contributed by atoms with Gasteiger partial charge in [0.25, 0.3) is 5.69 Å². The van der Waals surface area contributed by atoms with Gasteiger partial charge in [0.1, 0.15) is 5.69 Å². The summed E-state index contributed by atoms with van der Waals surface area (Å²) in [5, 5.41) is 24.9. The van der Waals surface area contributed by atoms with Crippen molar-refractivity contribution in [2.75, 3.05) is 17.2 Å². The van der Waals surface area contributed by atoms with Gasteiger partial charge in [-0.1, -0.05) is 6.07 Å². The summed E-state index contributed by atoms with van der Waals surface area (Å²) in [4.78, 5) is 22.0. The molecule has 0 unspecified atom stereocenters. The first-order valence-corrected chi connectivity index (χ1v) is 7.60. The van der Waals surface area contributed by atoms with Crippen molar-refractivity contribution >= 4 is 23.0 Å². The molecular weight excluding hydrogens is 365 g/mol. The quantitative estimate of drug-likeness (QED) is 0.585. The lowest BCUT2D eigenvalue weighted by Crippen LogP contribution is -2.17. The van der Waals surface area contributed by atoms with Crippen LogP contribution in [0.25, 0.3) is 0 Å². The van der Waals surface area contributed by atoms with Gasteiger partial charge in [-0.3, -0.25) is 14.9 Å². The van der Waals surface area contributed by atoms with Gasteiger partial charge < -0.3 is 10.6 Å². The van der Waals surface area contributed by atoms with Crippen LogP contribution in [0.3, 0.4) is 0 Å². The van der Waals surface area contributed by atoms with Crippen LogP contribution in [0.1, 0.15) is 17.5 Å². The fourth-order valence-electron chi connectivity index (χ4n) is 2.21. The minimum Gasteiger partial charge on any atom is -0.379 e. The summed E-state index contributed by atoms with van der Waals surface area (Å²) in [6.07, 6.45) is -4.78. The Hall–Kier alpha value is -3.61. The molecule has 0 heterocycles. The Morgan fingerprint density at radius 2 is 1.96 bits per heavy atom. The number of hydrogen-bond donors (Lipinski definition) is 2. The van der Waals surface area contributed by atoms with E-state index in [9.17, 15) is 28.1 Å². The molecule has 0 aliphatic heterocycles. The summed E-state index contributed by atoms with van der Waals surface area (Å²) < 4.78 is 38.0. The van der Waals surface area contributed by atoms with Gasteiger partial charge in [0.05, 0.1) is 22.1 Å². The molecule has 0 spiro atoms. The first-order valence-electron chi connectivity index (χ1n) is 7.60. The number of alkyl halides is 3. The van der Waals surface area contributed by atoms with Gasteiger partial charge in [-0.15, -0.1) is 0 Å². The predicted molar refractivity (Wildman–Crippen MR) is 91.0 cm³/mol. The van der Waals surface area contributed by atoms with Gasteiger partial charge in [0, 0.05) is 24.7 Å². The molecule has 2 aromatic rings. The summed E-state index contributed by atoms with van der Waals surface area (Å²) in [7, 11) is 0. The van der Waals surface area contributed by atoms with Crippen molar-refractivity contribution in [1.82, 2.24) is 0 Å². The van der Waals surface area contributed by atoms with Crippen LogP contribution in [0.15, 0.2) is 42.5 Å². The fraction of sp³-hybridized carbons (Fsp3) is 0.176. The third-order valence-corrected chi connectivity index (χ3v) is 3.46. The third kappa shape index (κ3) is 5.43. The van der Waals surface area contributed by atoms with Crippen molar-refractivity contribution in [1.29, 1.82) is 5.26 Å². The number of benzene rings is 2. The molecule has 0 saturated heterocycles. The van der Waals surface area contributed by atoms with Gasteiger partial charge in [0.15, 0.2) is 0 Å². The number of amides is 1. The van der Waals surface area contributed by atoms with E-state index in [4.69, 9.17) is 5.26 Å². The smallest absolute Gasteiger partial charge is 0.379 e. The third-order valence-electron chi connectivity index (χ3n) is 3.46. The second kappa shape index (κ2) is 8.18. The lowest BCUT2D eigenvalue weighted by Gasteiger charge is -2.11. The van der Waals surface area contributed by atoms with Crippen LogP contribution in [-0.2, 0) is 11.0 Å². The van der Waals surface area contributed by atoms with Crippen LogP contribution < -0.4 is 10.6 Å². The number of nitrogens with one attached hydrogen (secondary N) is 2. The van der Waals surface area contributed by atoms with Crippen molar-refractivity contribution < 1.29 is 22.9 Å². The maximum Gasteiger partial charge on any atom is 0.416 e. The Kier molecular flexibility index (Phi) is 5.97. The molecule has 7 nitrogen and oxygen atoms in total. The number of carbonyl (C=O) groups is 1. The van der Waals surface area contributed by atoms with Crippen LogP contribution in [0.2, 0.25) is 0 Å². The Morgan fingerprint density at radius 3 is 2.59 bits per heavy atom. The first-order chi connectivity index (χ1) is 12.7. The average Bonchev–Trinajstić information content (AvgIpc) is 2.61. The minimum absolute atomic E-state index is 0.0318. The summed E-state index contributed by atoms with van der Waals surface area (Å²) >= 11 is 0. The lowest BCUT2D eigenvalue weighted by atomic mass is 10.1. The normalized spacial score (nSPS) is 10.7. The van der Waals surface area contributed by atoms with Crippen molar-refractivity contribution in [3.63, 3.8) is 0 Å². The van der Waals surface area contributed by atoms with Crippen LogP contribution >= 0.6 is 0 Å². The van der Waals surface area contributed by atoms with E-state index in [-0.39, 0.29) is 18.7 Å². The standard InChI is InChI=1S/C17H13F3N4O3/c18-17(19,20)12-4-5-14(15(9-12)24(26)27)22-7-6-16(25)23-13-3-1-2-11(8-13)10-21/h1-5,8-9,22H,6-7H2,(H,23,25). The summed E-state index contributed by atoms with van der Waals surface area (Å²) in [5.41, 5.74) is -1.19. The van der Waals surface area contributed by atoms with Crippen molar-refractivity contribution in [2.45, 2.75) is 12.6 Å². The molecule has 0 radical (unpaired) electrons. The number of carbonyl (C=O) groups excluding carboxylic acids is 1. The van der Waals surface area contributed by atoms with Gasteiger partial charge in [0.2, 0.25) is 5.91 Å². The van der Waals surface area contributed by atoms with E-state index in [0.717, 1.165) is 12.1 Å². The Bertz CT molecular complexity index is 907. The van der Waals surface area contributed by atoms with E-state index in [0.29, 0.717) is 17.3 Å². The maximum absolute atomic E-state index is 12.7. The van der Waals surface area contributed by atoms with E-state index in [2.05, 4.69) is 10.6 Å². The zero-order valence-electron chi connectivity index (χ0n) is 13.7. The highest BCUT2D eigenvalue weighted by atomic mass is 19.4. The van der Waals surface area contributed by atoms with Gasteiger partial charge in [-0.25, -0.2) is 0 Å². The van der Waals surface area contributed by atoms with Crippen LogP contribution in [0, 0.1) is 21.4 Å². The molecule has 0 aromatic heterocycles. The van der Waals surface area contributed by atoms with Crippen molar-refractivity contribution in [2.24, 2.45) is 0 Å². The van der Waals surface area contributed by atoms with E-state index in [1.807, 2.05) is 6.07 Å². The first kappa shape index (κ1) is 19.7. The number of halogens is 3. The van der Waals surface area contributed by atoms with E-state index >= 15 is 0 Å². The molecule has 2 N–H and O–H groups in total. The fourth-order valence-corrected chi connectivity index (χ4v) is 2.21. The molecule has 0 fully saturated rings. The van der Waals surface area contributed by atoms with Crippen LogP contribution in [-0.4, -0.2) is 17.4 Å². The van der Waals surface area contributed by atoms with Crippen molar-refractivity contribution in [3.8, 4) is 6.07 Å². The van der Waals surface area contributed by atoms with Crippen LogP contribution in [0.4, 0.5) is 30.2 Å². The number of nitro benzene ring substituents is 1. The number of nitro groups is 1. The number of nitriles is 1. The van der Waals surface area contributed by atoms with Crippen LogP contribution in [0.5, 0.6) is 0 Å². The largest absolute Gasteiger partial charge is 0.416 e. The monoisotopic (exact) mass is 378 g/mol. The lowest BCUT2D eigenvalue weighted by molar-refractivity contribution is -0.384. The number of hydrogen-bond acceptors (Lipinski definition) is 5. The topological polar surface area (TPSA) is 108 Å². The predicted octanol–water partition coefficient (Wildman–Crippen LogP) is 3.93. The highest BCUT2D eigenvalue weighted by Crippen LogP contribution is 2.34. The molecule has 10 heteroatoms. The minimum atomic E-state index is -4.69. The molecule has 2 aromatic carbocycles. The Morgan fingerprint density at radius 1 is 1.22 bits per heavy atom. The zero-order valence-corrected chi connectivity index (χ0v) is 13.7. The zero-order chi connectivity index (χ0) is 20.0. The Balaban J connectivity index is 1.99. The number of rotatable bonds is 6. The average molecular weight is 378 g/mol. The summed E-state index contributed by atoms with van der Waals surface area (Å²) in [5.74, 6) is -0.424. The molecule has 1 amide bonds. The molecule has 0 saturated carbocycles. The second-order valence-electron chi connectivity index (χ2n) is 5.40. The van der Waals surface area contributed by atoms with Gasteiger partial charge in [-0.2, -0.15) is 18.4 Å². The summed E-state index contributed by atoms with van der Waals surface area (Å²) in [6.45, 7) is -0.0318. The molecule has 0 bridgehead atoms. The number of nitrogens with zero attached hydrogens (tertiary/aromatic N) is 2. The SMILES string of the molecule is N#Cc1cccc(NC(=O)CCNc2ccc(C(F)(F)F)cc2[N+](=O)[O-])c1. The molecule has 27 heavy (non-hydrogen) atoms. The van der Waals surface area contributed by atoms with Gasteiger partial charge >= 0.3 is 6.18 Å². The molecule has 2 rings (SSSR count). The molecule has 0 aliphatic carbocycles. The number of anilines is 2. The molecular formula is C17H13F3N4O3. The summed E-state index contributed by atoms with van der Waals surface area (Å²) in [6, 6.07) is 10.3. The van der Waals surface area contributed by atoms with E-state index in [1.165, 1.54) is 6.07 Å². The molecule has 0 atom stereocenters. The van der Waals surface area contributed by atoms with E-state index in [1.54, 1.807) is 18.2 Å². The Labute approximate surface area is 151 Å². The second-order valence-corrected chi connectivity index (χ2v) is 5.40. The van der Waals surface area contributed by atoms with E-state index < -0.39 is 28.3 Å². The highest BCUT2D eigenvalue weighted by Gasteiger charge is 2.33. The maximum atomic E-state index is 12.7. The van der Waals surface area contributed by atoms with Crippen molar-refractivity contribution in [3.05, 3.63) is 63.7 Å². The molecule has 140 valence electrons.